The average Bonchev–Trinajstić information content (AvgIpc) is 2.58. The molecule has 1 rings (SSSR count). The van der Waals surface area contributed by atoms with Crippen LogP contribution in [-0.2, 0) is 9.05 Å². The molecule has 5 nitrogen and oxygen atoms in total. The molecule has 1 heterocycles. The molecule has 0 atom stereocenters. The molecular formula is C12H18ClNO4S. The summed E-state index contributed by atoms with van der Waals surface area (Å²) >= 11 is 0. The summed E-state index contributed by atoms with van der Waals surface area (Å²) in [6.45, 7) is 7.25. The first-order valence-corrected chi connectivity index (χ1v) is 8.25. The van der Waals surface area contributed by atoms with Crippen LogP contribution >= 0.6 is 10.7 Å². The Kier molecular flexibility index (Phi) is 4.68. The summed E-state index contributed by atoms with van der Waals surface area (Å²) in [5.41, 5.74) is -0.382. The lowest BCUT2D eigenvalue weighted by Gasteiger charge is -2.25. The normalized spacial score (nSPS) is 12.5. The summed E-state index contributed by atoms with van der Waals surface area (Å²) in [6.07, 6.45) is 1.73. The van der Waals surface area contributed by atoms with E-state index in [9.17, 15) is 13.2 Å². The molecule has 1 aromatic rings. The third-order valence-corrected chi connectivity index (χ3v) is 4.11. The number of furan rings is 1. The van der Waals surface area contributed by atoms with Crippen molar-refractivity contribution >= 4 is 25.6 Å². The van der Waals surface area contributed by atoms with Crippen molar-refractivity contribution in [3.63, 3.8) is 0 Å². The predicted octanol–water partition coefficient (Wildman–Crippen LogP) is 2.82. The summed E-state index contributed by atoms with van der Waals surface area (Å²) in [6, 6.07) is 1.15. The summed E-state index contributed by atoms with van der Waals surface area (Å²) in [4.78, 5) is 11.8. The van der Waals surface area contributed by atoms with Crippen molar-refractivity contribution in [3.8, 4) is 0 Å². The van der Waals surface area contributed by atoms with Gasteiger partial charge < -0.3 is 9.73 Å². The van der Waals surface area contributed by atoms with E-state index in [1.54, 1.807) is 0 Å². The van der Waals surface area contributed by atoms with Crippen molar-refractivity contribution in [1.29, 1.82) is 0 Å². The van der Waals surface area contributed by atoms with Crippen molar-refractivity contribution in [3.05, 3.63) is 17.6 Å². The SMILES string of the molecule is CCCC(C)(C)NC(=O)c1cc(S(=O)(=O)Cl)c(C)o1. The average molecular weight is 308 g/mol. The van der Waals surface area contributed by atoms with Crippen LogP contribution in [-0.4, -0.2) is 19.9 Å². The van der Waals surface area contributed by atoms with Gasteiger partial charge in [0.05, 0.1) is 0 Å². The third kappa shape index (κ3) is 4.24. The minimum atomic E-state index is -3.90. The number of aryl methyl sites for hydroxylation is 1. The van der Waals surface area contributed by atoms with Crippen LogP contribution in [0.5, 0.6) is 0 Å². The molecule has 1 N–H and O–H groups in total. The maximum absolute atomic E-state index is 12.0. The lowest BCUT2D eigenvalue weighted by atomic mass is 9.99. The highest BCUT2D eigenvalue weighted by Gasteiger charge is 2.25. The quantitative estimate of drug-likeness (QED) is 0.849. The molecule has 0 bridgehead atoms. The largest absolute Gasteiger partial charge is 0.455 e. The Hall–Kier alpha value is -1.01. The second-order valence-electron chi connectivity index (χ2n) is 5.06. The summed E-state index contributed by atoms with van der Waals surface area (Å²) in [5, 5.41) is 2.79. The maximum Gasteiger partial charge on any atom is 0.287 e. The molecule has 0 aliphatic heterocycles. The number of nitrogens with one attached hydrogen (secondary N) is 1. The van der Waals surface area contributed by atoms with E-state index in [1.807, 2.05) is 20.8 Å². The monoisotopic (exact) mass is 307 g/mol. The maximum atomic E-state index is 12.0. The van der Waals surface area contributed by atoms with Gasteiger partial charge >= 0.3 is 0 Å². The van der Waals surface area contributed by atoms with Gasteiger partial charge in [-0.1, -0.05) is 13.3 Å². The van der Waals surface area contributed by atoms with Crippen LogP contribution < -0.4 is 5.32 Å². The second-order valence-corrected chi connectivity index (χ2v) is 7.59. The van der Waals surface area contributed by atoms with Crippen LogP contribution in [0.4, 0.5) is 0 Å². The molecule has 108 valence electrons. The van der Waals surface area contributed by atoms with Crippen LogP contribution in [0.1, 0.15) is 49.9 Å². The van der Waals surface area contributed by atoms with E-state index in [-0.39, 0.29) is 22.0 Å². The Labute approximate surface area is 117 Å². The molecule has 0 aromatic carbocycles. The van der Waals surface area contributed by atoms with Crippen LogP contribution in [0.25, 0.3) is 0 Å². The van der Waals surface area contributed by atoms with Gasteiger partial charge in [-0.2, -0.15) is 0 Å². The highest BCUT2D eigenvalue weighted by Crippen LogP contribution is 2.24. The molecule has 0 fully saturated rings. The van der Waals surface area contributed by atoms with E-state index < -0.39 is 15.0 Å². The molecule has 7 heteroatoms. The Balaban J connectivity index is 2.97. The number of halogens is 1. The number of rotatable bonds is 5. The molecule has 1 amide bonds. The third-order valence-electron chi connectivity index (χ3n) is 2.69. The van der Waals surface area contributed by atoms with E-state index in [2.05, 4.69) is 5.32 Å². The van der Waals surface area contributed by atoms with E-state index >= 15 is 0 Å². The predicted molar refractivity (Wildman–Crippen MR) is 72.9 cm³/mol. The van der Waals surface area contributed by atoms with Crippen LogP contribution in [0.3, 0.4) is 0 Å². The Morgan fingerprint density at radius 3 is 2.47 bits per heavy atom. The molecule has 0 unspecified atom stereocenters. The summed E-state index contributed by atoms with van der Waals surface area (Å²) in [5.74, 6) is -0.400. The van der Waals surface area contributed by atoms with Gasteiger partial charge in [-0.15, -0.1) is 0 Å². The smallest absolute Gasteiger partial charge is 0.287 e. The van der Waals surface area contributed by atoms with Gasteiger partial charge in [0.25, 0.3) is 15.0 Å². The second kappa shape index (κ2) is 5.54. The van der Waals surface area contributed by atoms with Gasteiger partial charge in [0.15, 0.2) is 5.76 Å². The van der Waals surface area contributed by atoms with Crippen molar-refractivity contribution in [2.24, 2.45) is 0 Å². The Morgan fingerprint density at radius 1 is 1.47 bits per heavy atom. The number of hydrogen-bond acceptors (Lipinski definition) is 4. The standard InChI is InChI=1S/C12H18ClNO4S/c1-5-6-12(3,4)14-11(15)9-7-10(8(2)18-9)19(13,16)17/h7H,5-6H2,1-4H3,(H,14,15). The zero-order chi connectivity index (χ0) is 14.8. The fraction of sp³-hybridized carbons (Fsp3) is 0.583. The van der Waals surface area contributed by atoms with E-state index in [0.717, 1.165) is 18.9 Å². The fourth-order valence-electron chi connectivity index (χ4n) is 1.88. The summed E-state index contributed by atoms with van der Waals surface area (Å²) < 4.78 is 27.7. The number of carbonyl (C=O) groups is 1. The summed E-state index contributed by atoms with van der Waals surface area (Å²) in [7, 11) is 1.34. The minimum Gasteiger partial charge on any atom is -0.455 e. The van der Waals surface area contributed by atoms with E-state index in [1.165, 1.54) is 6.92 Å². The lowest BCUT2D eigenvalue weighted by Crippen LogP contribution is -2.43. The molecular weight excluding hydrogens is 290 g/mol. The zero-order valence-corrected chi connectivity index (χ0v) is 13.0. The molecule has 0 spiro atoms. The van der Waals surface area contributed by atoms with Gasteiger partial charge in [0.1, 0.15) is 10.7 Å². The molecule has 0 radical (unpaired) electrons. The number of amides is 1. The van der Waals surface area contributed by atoms with Gasteiger partial charge in [0.2, 0.25) is 0 Å². The number of carbonyl (C=O) groups excluding carboxylic acids is 1. The van der Waals surface area contributed by atoms with Crippen molar-refractivity contribution in [2.75, 3.05) is 0 Å². The van der Waals surface area contributed by atoms with Gasteiger partial charge in [-0.05, 0) is 27.2 Å². The van der Waals surface area contributed by atoms with Gasteiger partial charge in [-0.3, -0.25) is 4.79 Å². The van der Waals surface area contributed by atoms with Crippen molar-refractivity contribution in [2.45, 2.75) is 51.0 Å². The van der Waals surface area contributed by atoms with E-state index in [0.29, 0.717) is 0 Å². The van der Waals surface area contributed by atoms with E-state index in [4.69, 9.17) is 15.1 Å². The van der Waals surface area contributed by atoms with Gasteiger partial charge in [-0.25, -0.2) is 8.42 Å². The first kappa shape index (κ1) is 16.0. The van der Waals surface area contributed by atoms with Crippen LogP contribution in [0.15, 0.2) is 15.4 Å². The fourth-order valence-corrected chi connectivity index (χ4v) is 2.97. The lowest BCUT2D eigenvalue weighted by molar-refractivity contribution is 0.0879. The molecule has 1 aromatic heterocycles. The Bertz CT molecular complexity index is 575. The molecule has 19 heavy (non-hydrogen) atoms. The number of hydrogen-bond donors (Lipinski definition) is 1. The topological polar surface area (TPSA) is 76.4 Å². The first-order valence-electron chi connectivity index (χ1n) is 5.94. The minimum absolute atomic E-state index is 0.0547. The van der Waals surface area contributed by atoms with Crippen LogP contribution in [0, 0.1) is 6.92 Å². The first-order chi connectivity index (χ1) is 8.57. The van der Waals surface area contributed by atoms with Crippen molar-refractivity contribution < 1.29 is 17.6 Å². The van der Waals surface area contributed by atoms with Crippen LogP contribution in [0.2, 0.25) is 0 Å². The molecule has 0 saturated carbocycles. The molecule has 0 aliphatic rings. The Morgan fingerprint density at radius 2 is 2.05 bits per heavy atom. The molecule has 0 saturated heterocycles. The van der Waals surface area contributed by atoms with Crippen molar-refractivity contribution in [1.82, 2.24) is 5.32 Å². The highest BCUT2D eigenvalue weighted by molar-refractivity contribution is 8.13. The van der Waals surface area contributed by atoms with Gasteiger partial charge in [0, 0.05) is 22.3 Å². The zero-order valence-electron chi connectivity index (χ0n) is 11.4. The highest BCUT2D eigenvalue weighted by atomic mass is 35.7. The molecule has 0 aliphatic carbocycles.